The molecule has 1 atom stereocenters. The van der Waals surface area contributed by atoms with E-state index >= 15 is 0 Å². The van der Waals surface area contributed by atoms with Gasteiger partial charge in [-0.1, -0.05) is 30.3 Å². The van der Waals surface area contributed by atoms with Crippen molar-refractivity contribution in [2.45, 2.75) is 31.5 Å². The molecule has 0 aliphatic carbocycles. The first kappa shape index (κ1) is 30.7. The van der Waals surface area contributed by atoms with Crippen LogP contribution in [0, 0.1) is 0 Å². The summed E-state index contributed by atoms with van der Waals surface area (Å²) in [4.78, 5) is 40.6. The smallest absolute Gasteiger partial charge is 0.545 e. The van der Waals surface area contributed by atoms with E-state index < -0.39 is 48.4 Å². The van der Waals surface area contributed by atoms with Crippen molar-refractivity contribution in [2.75, 3.05) is 6.61 Å². The zero-order chi connectivity index (χ0) is 21.6. The Bertz CT molecular complexity index is 600. The first-order valence-corrected chi connectivity index (χ1v) is 7.30. The maximum atomic E-state index is 10.3. The van der Waals surface area contributed by atoms with Crippen molar-refractivity contribution in [3.05, 3.63) is 35.9 Å². The molecule has 28 heavy (non-hydrogen) atoms. The van der Waals surface area contributed by atoms with Crippen LogP contribution in [-0.2, 0) is 14.4 Å². The van der Waals surface area contributed by atoms with E-state index in [2.05, 4.69) is 0 Å². The van der Waals surface area contributed by atoms with Crippen LogP contribution in [0.1, 0.15) is 30.1 Å². The number of aliphatic hydroxyl groups is 3. The second kappa shape index (κ2) is 16.0. The average Bonchev–Trinajstić information content (AvgIpc) is 2.55. The van der Waals surface area contributed by atoms with Gasteiger partial charge in [-0.2, -0.15) is 0 Å². The Morgan fingerprint density at radius 3 is 1.54 bits per heavy atom. The summed E-state index contributed by atoms with van der Waals surface area (Å²) in [5.74, 6) is -6.15. The first-order chi connectivity index (χ1) is 12.4. The molecule has 0 aromatic heterocycles. The van der Waals surface area contributed by atoms with E-state index in [0.29, 0.717) is 0 Å². The van der Waals surface area contributed by atoms with E-state index in [0.717, 1.165) is 0 Å². The van der Waals surface area contributed by atoms with Gasteiger partial charge in [-0.3, -0.25) is 9.59 Å². The number of carboxylic acid groups (broad SMARTS) is 4. The molecule has 1 aromatic carbocycles. The number of hydrogen-bond donors (Lipinski definition) is 6. The van der Waals surface area contributed by atoms with Crippen LogP contribution in [0.3, 0.4) is 0 Å². The summed E-state index contributed by atoms with van der Waals surface area (Å²) in [6.45, 7) is 1.39. The third-order valence-corrected chi connectivity index (χ3v) is 2.56. The molecule has 12 heteroatoms. The quantitative estimate of drug-likeness (QED) is 0.234. The van der Waals surface area contributed by atoms with Gasteiger partial charge in [0.1, 0.15) is 0 Å². The molecule has 0 bridgehead atoms. The number of rotatable bonds is 7. The summed E-state index contributed by atoms with van der Waals surface area (Å²) >= 11 is 0. The fraction of sp³-hybridized carbons (Fsp3) is 0.375. The molecule has 6 N–H and O–H groups in total. The molecule has 1 unspecified atom stereocenters. The number of benzene rings is 1. The summed E-state index contributed by atoms with van der Waals surface area (Å²) in [5.41, 5.74) is -2.52. The summed E-state index contributed by atoms with van der Waals surface area (Å²) in [5, 5.41) is 59.9. The molecular formula is C16H21NaO11. The Morgan fingerprint density at radius 1 is 1.00 bits per heavy atom. The van der Waals surface area contributed by atoms with E-state index in [1.807, 2.05) is 0 Å². The van der Waals surface area contributed by atoms with Crippen LogP contribution in [0.2, 0.25) is 0 Å². The van der Waals surface area contributed by atoms with Gasteiger partial charge in [0, 0.05) is 0 Å². The molecule has 0 amide bonds. The third-order valence-electron chi connectivity index (χ3n) is 2.56. The molecule has 0 saturated heterocycles. The van der Waals surface area contributed by atoms with E-state index in [1.165, 1.54) is 19.1 Å². The molecule has 0 fully saturated rings. The van der Waals surface area contributed by atoms with Crippen LogP contribution in [0.5, 0.6) is 0 Å². The van der Waals surface area contributed by atoms with Crippen molar-refractivity contribution >= 4 is 23.9 Å². The second-order valence-corrected chi connectivity index (χ2v) is 5.16. The Morgan fingerprint density at radius 2 is 1.36 bits per heavy atom. The molecule has 0 saturated carbocycles. The van der Waals surface area contributed by atoms with Crippen LogP contribution < -0.4 is 34.7 Å². The average molecular weight is 412 g/mol. The van der Waals surface area contributed by atoms with E-state index in [-0.39, 0.29) is 41.7 Å². The van der Waals surface area contributed by atoms with Gasteiger partial charge in [-0.05, 0) is 12.5 Å². The fourth-order valence-electron chi connectivity index (χ4n) is 1.29. The summed E-state index contributed by atoms with van der Waals surface area (Å²) in [6.07, 6.45) is -2.85. The van der Waals surface area contributed by atoms with Gasteiger partial charge in [-0.25, -0.2) is 4.79 Å². The summed E-state index contributed by atoms with van der Waals surface area (Å²) < 4.78 is 0. The zero-order valence-electron chi connectivity index (χ0n) is 15.3. The Kier molecular flexibility index (Phi) is 17.5. The SMILES string of the molecule is CC(O)CO.O=C(O)CC(O)(CC(=O)O)C(=O)O.O=C([O-])c1ccccc1.[Na+]. The van der Waals surface area contributed by atoms with Crippen LogP contribution in [0.4, 0.5) is 0 Å². The van der Waals surface area contributed by atoms with E-state index in [9.17, 15) is 24.3 Å². The predicted molar refractivity (Wildman–Crippen MR) is 86.6 cm³/mol. The number of aliphatic carboxylic acids is 3. The Balaban J connectivity index is -0.000000362. The van der Waals surface area contributed by atoms with E-state index in [4.69, 9.17) is 30.6 Å². The van der Waals surface area contributed by atoms with Crippen LogP contribution in [0.15, 0.2) is 30.3 Å². The van der Waals surface area contributed by atoms with E-state index in [1.54, 1.807) is 18.2 Å². The van der Waals surface area contributed by atoms with Gasteiger partial charge in [0.05, 0.1) is 31.5 Å². The molecule has 11 nitrogen and oxygen atoms in total. The monoisotopic (exact) mass is 412 g/mol. The van der Waals surface area contributed by atoms with Crippen molar-refractivity contribution < 1.29 is 84.5 Å². The van der Waals surface area contributed by atoms with Crippen LogP contribution in [-0.4, -0.2) is 72.8 Å². The minimum atomic E-state index is -2.74. The third kappa shape index (κ3) is 16.2. The number of carboxylic acids is 4. The van der Waals surface area contributed by atoms with Crippen LogP contribution in [0.25, 0.3) is 0 Å². The number of aliphatic hydroxyl groups excluding tert-OH is 2. The van der Waals surface area contributed by atoms with Crippen molar-refractivity contribution in [1.82, 2.24) is 0 Å². The number of hydrogen-bond acceptors (Lipinski definition) is 8. The Hall–Kier alpha value is -2.02. The molecule has 0 radical (unpaired) electrons. The molecular weight excluding hydrogens is 391 g/mol. The molecule has 152 valence electrons. The van der Waals surface area contributed by atoms with Crippen molar-refractivity contribution in [3.8, 4) is 0 Å². The molecule has 0 heterocycles. The number of aromatic carboxylic acids is 1. The standard InChI is InChI=1S/C7H6O2.C6H8O7.C3H8O2.Na/c8-7(9)6-4-2-1-3-5-6;7-3(8)1-6(13,5(11)12)2-4(9)10;1-3(5)2-4;/h1-5H,(H,8,9);13H,1-2H2,(H,7,8)(H,9,10)(H,11,12);3-5H,2H2,1H3;/q;;;+1/p-1. The Labute approximate surface area is 182 Å². The van der Waals surface area contributed by atoms with Gasteiger partial charge < -0.3 is 40.5 Å². The van der Waals surface area contributed by atoms with Gasteiger partial charge in [0.25, 0.3) is 0 Å². The van der Waals surface area contributed by atoms with Gasteiger partial charge in [0.2, 0.25) is 0 Å². The number of carbonyl (C=O) groups excluding carboxylic acids is 1. The largest absolute Gasteiger partial charge is 1.00 e. The second-order valence-electron chi connectivity index (χ2n) is 5.16. The van der Waals surface area contributed by atoms with Crippen molar-refractivity contribution in [3.63, 3.8) is 0 Å². The predicted octanol–water partition coefficient (Wildman–Crippen LogP) is -4.83. The molecule has 1 aromatic rings. The summed E-state index contributed by atoms with van der Waals surface area (Å²) in [6, 6.07) is 8.06. The van der Waals surface area contributed by atoms with Gasteiger partial charge >= 0.3 is 47.5 Å². The van der Waals surface area contributed by atoms with Gasteiger partial charge in [-0.15, -0.1) is 0 Å². The normalized spacial score (nSPS) is 10.6. The molecule has 0 spiro atoms. The number of carbonyl (C=O) groups is 4. The van der Waals surface area contributed by atoms with Gasteiger partial charge in [0.15, 0.2) is 5.60 Å². The maximum Gasteiger partial charge on any atom is 1.00 e. The minimum absolute atomic E-state index is 0. The topological polar surface area (TPSA) is 213 Å². The minimum Gasteiger partial charge on any atom is -0.545 e. The van der Waals surface area contributed by atoms with Crippen molar-refractivity contribution in [2.24, 2.45) is 0 Å². The molecule has 0 aliphatic rings. The van der Waals surface area contributed by atoms with Crippen molar-refractivity contribution in [1.29, 1.82) is 0 Å². The first-order valence-electron chi connectivity index (χ1n) is 7.30. The fourth-order valence-corrected chi connectivity index (χ4v) is 1.29. The van der Waals surface area contributed by atoms with Crippen LogP contribution >= 0.6 is 0 Å². The maximum absolute atomic E-state index is 10.3. The zero-order valence-corrected chi connectivity index (χ0v) is 17.3. The molecule has 0 aliphatic heterocycles. The summed E-state index contributed by atoms with van der Waals surface area (Å²) in [7, 11) is 0. The molecule has 1 rings (SSSR count).